The SMILES string of the molecule is Nc1nc(C2=CC(c3c(C4CC4)n[nH]c3C3CC3)OCC2)nc(-c2ccc(F)cc2F)c1C=O. The Morgan fingerprint density at radius 2 is 1.91 bits per heavy atom. The van der Waals surface area contributed by atoms with Gasteiger partial charge in [-0.15, -0.1) is 0 Å². The van der Waals surface area contributed by atoms with Gasteiger partial charge in [-0.3, -0.25) is 9.89 Å². The summed E-state index contributed by atoms with van der Waals surface area (Å²) in [6.07, 6.45) is 7.26. The quantitative estimate of drug-likeness (QED) is 0.507. The van der Waals surface area contributed by atoms with Gasteiger partial charge in [0.25, 0.3) is 0 Å². The molecule has 0 bridgehead atoms. The molecular weight excluding hydrogens is 440 g/mol. The van der Waals surface area contributed by atoms with E-state index in [-0.39, 0.29) is 28.7 Å². The minimum atomic E-state index is -0.826. The van der Waals surface area contributed by atoms with Crippen LogP contribution in [-0.4, -0.2) is 33.1 Å². The maximum Gasteiger partial charge on any atom is 0.158 e. The number of anilines is 1. The van der Waals surface area contributed by atoms with Crippen LogP contribution in [0.3, 0.4) is 0 Å². The summed E-state index contributed by atoms with van der Waals surface area (Å²) in [5.74, 6) is -0.336. The summed E-state index contributed by atoms with van der Waals surface area (Å²) in [5.41, 5.74) is 10.2. The summed E-state index contributed by atoms with van der Waals surface area (Å²) in [6, 6.07) is 3.12. The maximum absolute atomic E-state index is 14.6. The molecule has 0 amide bonds. The first-order valence-corrected chi connectivity index (χ1v) is 11.5. The first kappa shape index (κ1) is 21.1. The van der Waals surface area contributed by atoms with Gasteiger partial charge in [-0.2, -0.15) is 5.10 Å². The Kier molecular flexibility index (Phi) is 5.02. The predicted molar refractivity (Wildman–Crippen MR) is 121 cm³/mol. The molecule has 6 rings (SSSR count). The van der Waals surface area contributed by atoms with Crippen LogP contribution in [0.5, 0.6) is 0 Å². The molecule has 3 N–H and O–H groups in total. The molecule has 2 aliphatic carbocycles. The van der Waals surface area contributed by atoms with E-state index in [4.69, 9.17) is 10.5 Å². The molecule has 3 heterocycles. The number of carbonyl (C=O) groups excluding carboxylic acids is 1. The number of benzene rings is 1. The number of nitrogens with one attached hydrogen (secondary N) is 1. The van der Waals surface area contributed by atoms with Crippen molar-refractivity contribution in [2.45, 2.75) is 50.0 Å². The second kappa shape index (κ2) is 8.09. The summed E-state index contributed by atoms with van der Waals surface area (Å²) in [4.78, 5) is 20.6. The number of carbonyl (C=O) groups is 1. The molecule has 2 aromatic heterocycles. The van der Waals surface area contributed by atoms with Crippen LogP contribution < -0.4 is 5.73 Å². The van der Waals surface area contributed by atoms with Crippen LogP contribution in [0.25, 0.3) is 16.8 Å². The third kappa shape index (κ3) is 3.69. The molecule has 0 saturated heterocycles. The molecule has 0 radical (unpaired) electrons. The van der Waals surface area contributed by atoms with Gasteiger partial charge < -0.3 is 10.5 Å². The van der Waals surface area contributed by atoms with Crippen molar-refractivity contribution >= 4 is 17.7 Å². The van der Waals surface area contributed by atoms with Crippen molar-refractivity contribution in [3.63, 3.8) is 0 Å². The highest BCUT2D eigenvalue weighted by Gasteiger charge is 2.38. The standard InChI is InChI=1S/C25H23F2N5O2/c26-15-5-6-16(18(27)10-15)23-17(11-33)24(28)30-25(29-23)14-7-8-34-19(9-14)20-21(12-1-2-12)31-32-22(20)13-3-4-13/h5-6,9-13,19H,1-4,7-8H2,(H,31,32)(H2,28,29,30). The van der Waals surface area contributed by atoms with Crippen molar-refractivity contribution in [2.75, 3.05) is 12.3 Å². The Bertz CT molecular complexity index is 1300. The van der Waals surface area contributed by atoms with Crippen LogP contribution >= 0.6 is 0 Å². The summed E-state index contributed by atoms with van der Waals surface area (Å²) >= 11 is 0. The van der Waals surface area contributed by atoms with Gasteiger partial charge in [-0.25, -0.2) is 18.7 Å². The van der Waals surface area contributed by atoms with Gasteiger partial charge >= 0.3 is 0 Å². The molecule has 1 aromatic carbocycles. The highest BCUT2D eigenvalue weighted by atomic mass is 19.1. The molecule has 0 spiro atoms. The van der Waals surface area contributed by atoms with Crippen molar-refractivity contribution in [3.8, 4) is 11.3 Å². The summed E-state index contributed by atoms with van der Waals surface area (Å²) in [5, 5.41) is 7.88. The fourth-order valence-corrected chi connectivity index (χ4v) is 4.63. The van der Waals surface area contributed by atoms with E-state index >= 15 is 0 Å². The van der Waals surface area contributed by atoms with Gasteiger partial charge in [0.1, 0.15) is 23.6 Å². The number of nitrogen functional groups attached to an aromatic ring is 1. The molecule has 3 aromatic rings. The second-order valence-electron chi connectivity index (χ2n) is 9.15. The van der Waals surface area contributed by atoms with Gasteiger partial charge in [0.15, 0.2) is 12.1 Å². The number of nitrogens with zero attached hydrogens (tertiary/aromatic N) is 3. The number of ether oxygens (including phenoxy) is 1. The first-order chi connectivity index (χ1) is 16.5. The molecule has 9 heteroatoms. The van der Waals surface area contributed by atoms with E-state index in [2.05, 4.69) is 20.2 Å². The molecular formula is C25H23F2N5O2. The van der Waals surface area contributed by atoms with E-state index in [0.717, 1.165) is 60.3 Å². The highest BCUT2D eigenvalue weighted by Crippen LogP contribution is 2.49. The molecule has 174 valence electrons. The van der Waals surface area contributed by atoms with Gasteiger partial charge in [-0.05, 0) is 55.9 Å². The minimum absolute atomic E-state index is 0.00932. The molecule has 3 aliphatic rings. The largest absolute Gasteiger partial charge is 0.383 e. The smallest absolute Gasteiger partial charge is 0.158 e. The van der Waals surface area contributed by atoms with Crippen LogP contribution in [0.1, 0.15) is 83.2 Å². The number of rotatable bonds is 6. The van der Waals surface area contributed by atoms with Gasteiger partial charge in [-0.1, -0.05) is 0 Å². The van der Waals surface area contributed by atoms with Crippen LogP contribution in [0, 0.1) is 11.6 Å². The average molecular weight is 463 g/mol. The van der Waals surface area contributed by atoms with E-state index in [0.29, 0.717) is 37.0 Å². The number of aldehydes is 1. The summed E-state index contributed by atoms with van der Waals surface area (Å²) in [7, 11) is 0. The highest BCUT2D eigenvalue weighted by molar-refractivity contribution is 5.91. The van der Waals surface area contributed by atoms with Crippen LogP contribution in [0.4, 0.5) is 14.6 Å². The van der Waals surface area contributed by atoms with Gasteiger partial charge in [0.2, 0.25) is 0 Å². The Morgan fingerprint density at radius 1 is 1.12 bits per heavy atom. The molecule has 2 saturated carbocycles. The lowest BCUT2D eigenvalue weighted by Crippen LogP contribution is -2.15. The molecule has 7 nitrogen and oxygen atoms in total. The second-order valence-corrected chi connectivity index (χ2v) is 9.15. The maximum atomic E-state index is 14.6. The average Bonchev–Trinajstić information content (AvgIpc) is 3.77. The normalized spacial score (nSPS) is 20.3. The number of nitrogens with two attached hydrogens (primary N) is 1. The summed E-state index contributed by atoms with van der Waals surface area (Å²) < 4.78 is 34.2. The van der Waals surface area contributed by atoms with E-state index in [9.17, 15) is 13.6 Å². The molecule has 2 fully saturated rings. The monoisotopic (exact) mass is 463 g/mol. The van der Waals surface area contributed by atoms with Crippen molar-refractivity contribution in [1.29, 1.82) is 0 Å². The minimum Gasteiger partial charge on any atom is -0.383 e. The number of aromatic nitrogens is 4. The zero-order valence-electron chi connectivity index (χ0n) is 18.4. The molecule has 1 unspecified atom stereocenters. The Labute approximate surface area is 194 Å². The van der Waals surface area contributed by atoms with Crippen molar-refractivity contribution in [3.05, 3.63) is 64.2 Å². The zero-order valence-corrected chi connectivity index (χ0v) is 18.4. The summed E-state index contributed by atoms with van der Waals surface area (Å²) in [6.45, 7) is 0.453. The topological polar surface area (TPSA) is 107 Å². The lowest BCUT2D eigenvalue weighted by molar-refractivity contribution is 0.0814. The third-order valence-electron chi connectivity index (χ3n) is 6.68. The zero-order chi connectivity index (χ0) is 23.4. The van der Waals surface area contributed by atoms with E-state index < -0.39 is 11.6 Å². The predicted octanol–water partition coefficient (Wildman–Crippen LogP) is 4.84. The Hall–Kier alpha value is -3.46. The van der Waals surface area contributed by atoms with E-state index in [1.54, 1.807) is 0 Å². The molecule has 1 aliphatic heterocycles. The lowest BCUT2D eigenvalue weighted by Gasteiger charge is -2.23. The van der Waals surface area contributed by atoms with Crippen molar-refractivity contribution in [1.82, 2.24) is 20.2 Å². The fraction of sp³-hybridized carbons (Fsp3) is 0.360. The van der Waals surface area contributed by atoms with Crippen LogP contribution in [-0.2, 0) is 4.74 Å². The van der Waals surface area contributed by atoms with Gasteiger partial charge in [0.05, 0.1) is 23.6 Å². The number of hydrogen-bond donors (Lipinski definition) is 2. The lowest BCUT2D eigenvalue weighted by atomic mass is 9.96. The van der Waals surface area contributed by atoms with Crippen LogP contribution in [0.15, 0.2) is 24.3 Å². The Morgan fingerprint density at radius 3 is 2.62 bits per heavy atom. The van der Waals surface area contributed by atoms with E-state index in [1.807, 2.05) is 6.08 Å². The van der Waals surface area contributed by atoms with Gasteiger partial charge in [0, 0.05) is 34.7 Å². The first-order valence-electron chi connectivity index (χ1n) is 11.5. The van der Waals surface area contributed by atoms with Crippen molar-refractivity contribution < 1.29 is 18.3 Å². The molecule has 34 heavy (non-hydrogen) atoms. The van der Waals surface area contributed by atoms with Crippen LogP contribution in [0.2, 0.25) is 0 Å². The third-order valence-corrected chi connectivity index (χ3v) is 6.68. The fourth-order valence-electron chi connectivity index (χ4n) is 4.63. The van der Waals surface area contributed by atoms with E-state index in [1.165, 1.54) is 6.07 Å². The molecule has 1 atom stereocenters. The number of hydrogen-bond acceptors (Lipinski definition) is 6. The number of aromatic amines is 1. The number of H-pyrrole nitrogens is 1. The Balaban J connectivity index is 1.44. The number of halogens is 2. The van der Waals surface area contributed by atoms with Crippen molar-refractivity contribution in [2.24, 2.45) is 0 Å².